The summed E-state index contributed by atoms with van der Waals surface area (Å²) in [6.07, 6.45) is 5.90. The van der Waals surface area contributed by atoms with Gasteiger partial charge in [0.15, 0.2) is 5.16 Å². The highest BCUT2D eigenvalue weighted by Gasteiger charge is 2.25. The van der Waals surface area contributed by atoms with E-state index in [0.29, 0.717) is 5.75 Å². The number of amides is 1. The molecule has 0 bridgehead atoms. The molecular formula is C24H35N5O4S. The Balaban J connectivity index is 1.42. The summed E-state index contributed by atoms with van der Waals surface area (Å²) in [5.41, 5.74) is 0.870. The maximum absolute atomic E-state index is 12.8. The number of methoxy groups -OCH3 is 2. The van der Waals surface area contributed by atoms with Crippen LogP contribution in [0.15, 0.2) is 23.4 Å². The fraction of sp³-hybridized carbons (Fsp3) is 0.625. The minimum absolute atomic E-state index is 0.0754. The smallest absolute Gasteiger partial charge is 0.230 e. The Labute approximate surface area is 205 Å². The minimum Gasteiger partial charge on any atom is -0.497 e. The van der Waals surface area contributed by atoms with Crippen molar-refractivity contribution in [3.05, 3.63) is 23.8 Å². The van der Waals surface area contributed by atoms with E-state index >= 15 is 0 Å². The lowest BCUT2D eigenvalue weighted by atomic mass is 10.1. The lowest BCUT2D eigenvalue weighted by Crippen LogP contribution is -2.33. The number of carbonyl (C=O) groups is 1. The van der Waals surface area contributed by atoms with Crippen LogP contribution < -0.4 is 19.7 Å². The van der Waals surface area contributed by atoms with Crippen LogP contribution in [-0.4, -0.2) is 66.4 Å². The second kappa shape index (κ2) is 11.8. The number of nitrogens with one attached hydrogen (secondary N) is 1. The van der Waals surface area contributed by atoms with Gasteiger partial charge in [-0.2, -0.15) is 0 Å². The van der Waals surface area contributed by atoms with Gasteiger partial charge >= 0.3 is 0 Å². The van der Waals surface area contributed by atoms with E-state index in [9.17, 15) is 4.79 Å². The van der Waals surface area contributed by atoms with Gasteiger partial charge in [-0.1, -0.05) is 11.8 Å². The zero-order chi connectivity index (χ0) is 23.9. The monoisotopic (exact) mass is 489 g/mol. The van der Waals surface area contributed by atoms with Crippen LogP contribution in [0, 0.1) is 0 Å². The Morgan fingerprint density at radius 1 is 1.21 bits per heavy atom. The van der Waals surface area contributed by atoms with E-state index in [1.807, 2.05) is 25.1 Å². The quantitative estimate of drug-likeness (QED) is 0.508. The van der Waals surface area contributed by atoms with E-state index in [1.165, 1.54) is 31.0 Å². The Morgan fingerprint density at radius 2 is 2.03 bits per heavy atom. The molecule has 1 N–H and O–H groups in total. The highest BCUT2D eigenvalue weighted by atomic mass is 32.2. The van der Waals surface area contributed by atoms with Crippen molar-refractivity contribution < 1.29 is 19.0 Å². The highest BCUT2D eigenvalue weighted by molar-refractivity contribution is 7.99. The number of anilines is 1. The Bertz CT molecular complexity index is 957. The zero-order valence-electron chi connectivity index (χ0n) is 20.3. The third-order valence-corrected chi connectivity index (χ3v) is 7.33. The SMILES string of the molecule is COc1ccc(OC)c([C@H](C)NC(=O)CSc2nnc(N3CCCCC3)n2C[C@@H]2CCCO2)c1. The number of ether oxygens (including phenoxy) is 3. The van der Waals surface area contributed by atoms with Crippen LogP contribution in [0.1, 0.15) is 50.6 Å². The molecule has 0 aliphatic carbocycles. The molecule has 186 valence electrons. The van der Waals surface area contributed by atoms with Crippen LogP contribution >= 0.6 is 11.8 Å². The summed E-state index contributed by atoms with van der Waals surface area (Å²) < 4.78 is 18.8. The maximum atomic E-state index is 12.8. The molecule has 2 saturated heterocycles. The lowest BCUT2D eigenvalue weighted by molar-refractivity contribution is -0.119. The third kappa shape index (κ3) is 5.96. The van der Waals surface area contributed by atoms with Crippen LogP contribution in [-0.2, 0) is 16.1 Å². The van der Waals surface area contributed by atoms with Gasteiger partial charge in [0.2, 0.25) is 11.9 Å². The van der Waals surface area contributed by atoms with Gasteiger partial charge in [0, 0.05) is 25.3 Å². The Morgan fingerprint density at radius 3 is 2.74 bits per heavy atom. The van der Waals surface area contributed by atoms with Gasteiger partial charge in [-0.15, -0.1) is 10.2 Å². The summed E-state index contributed by atoms with van der Waals surface area (Å²) in [5, 5.41) is 12.8. The van der Waals surface area contributed by atoms with E-state index in [-0.39, 0.29) is 23.8 Å². The number of rotatable bonds is 10. The standard InChI is InChI=1S/C24H35N5O4S/c1-17(20-14-18(31-2)9-10-21(20)32-3)25-22(30)16-34-24-27-26-23(28-11-5-4-6-12-28)29(24)15-19-8-7-13-33-19/h9-10,14,17,19H,4-8,11-13,15-16H2,1-3H3,(H,25,30)/t17-,19-/m0/s1. The summed E-state index contributed by atoms with van der Waals surface area (Å²) in [5.74, 6) is 2.50. The van der Waals surface area contributed by atoms with Gasteiger partial charge in [-0.3, -0.25) is 9.36 Å². The van der Waals surface area contributed by atoms with Gasteiger partial charge < -0.3 is 24.4 Å². The van der Waals surface area contributed by atoms with Crippen molar-refractivity contribution in [2.75, 3.05) is 44.6 Å². The van der Waals surface area contributed by atoms with Crippen LogP contribution in [0.2, 0.25) is 0 Å². The zero-order valence-corrected chi connectivity index (χ0v) is 21.1. The highest BCUT2D eigenvalue weighted by Crippen LogP contribution is 2.30. The molecule has 10 heteroatoms. The summed E-state index contributed by atoms with van der Waals surface area (Å²) >= 11 is 1.42. The van der Waals surface area contributed by atoms with Crippen molar-refractivity contribution in [3.63, 3.8) is 0 Å². The number of nitrogens with zero attached hydrogens (tertiary/aromatic N) is 4. The van der Waals surface area contributed by atoms with E-state index in [1.54, 1.807) is 14.2 Å². The molecule has 0 radical (unpaired) electrons. The summed E-state index contributed by atoms with van der Waals surface area (Å²) in [6, 6.07) is 5.35. The molecule has 4 rings (SSSR count). The average molecular weight is 490 g/mol. The second-order valence-corrected chi connectivity index (χ2v) is 9.70. The molecular weight excluding hydrogens is 454 g/mol. The average Bonchev–Trinajstić information content (AvgIpc) is 3.53. The molecule has 2 fully saturated rings. The topological polar surface area (TPSA) is 90.7 Å². The first-order chi connectivity index (χ1) is 16.6. The fourth-order valence-electron chi connectivity index (χ4n) is 4.54. The predicted octanol–water partition coefficient (Wildman–Crippen LogP) is 3.43. The van der Waals surface area contributed by atoms with Gasteiger partial charge in [-0.25, -0.2) is 0 Å². The van der Waals surface area contributed by atoms with Gasteiger partial charge in [0.25, 0.3) is 0 Å². The molecule has 0 saturated carbocycles. The van der Waals surface area contributed by atoms with Crippen molar-refractivity contribution in [1.82, 2.24) is 20.1 Å². The molecule has 34 heavy (non-hydrogen) atoms. The summed E-state index contributed by atoms with van der Waals surface area (Å²) in [6.45, 7) is 5.46. The number of aromatic nitrogens is 3. The number of benzene rings is 1. The first-order valence-corrected chi connectivity index (χ1v) is 13.0. The van der Waals surface area contributed by atoms with Crippen LogP contribution in [0.4, 0.5) is 5.95 Å². The lowest BCUT2D eigenvalue weighted by Gasteiger charge is -2.28. The predicted molar refractivity (Wildman–Crippen MR) is 132 cm³/mol. The van der Waals surface area contributed by atoms with Crippen molar-refractivity contribution in [3.8, 4) is 11.5 Å². The molecule has 3 heterocycles. The molecule has 1 aromatic heterocycles. The molecule has 0 unspecified atom stereocenters. The number of hydrogen-bond donors (Lipinski definition) is 1. The van der Waals surface area contributed by atoms with Crippen LogP contribution in [0.3, 0.4) is 0 Å². The van der Waals surface area contributed by atoms with Crippen molar-refractivity contribution >= 4 is 23.6 Å². The molecule has 0 spiro atoms. The molecule has 9 nitrogen and oxygen atoms in total. The fourth-order valence-corrected chi connectivity index (χ4v) is 5.29. The second-order valence-electron chi connectivity index (χ2n) is 8.76. The normalized spacial score (nSPS) is 19.1. The van der Waals surface area contributed by atoms with Crippen molar-refractivity contribution in [1.29, 1.82) is 0 Å². The molecule has 1 aromatic carbocycles. The van der Waals surface area contributed by atoms with Crippen LogP contribution in [0.25, 0.3) is 0 Å². The van der Waals surface area contributed by atoms with Crippen molar-refractivity contribution in [2.24, 2.45) is 0 Å². The number of hydrogen-bond acceptors (Lipinski definition) is 8. The molecule has 2 aliphatic rings. The van der Waals surface area contributed by atoms with E-state index in [2.05, 4.69) is 25.0 Å². The van der Waals surface area contributed by atoms with Gasteiger partial charge in [-0.05, 0) is 57.2 Å². The molecule has 2 atom stereocenters. The van der Waals surface area contributed by atoms with E-state index in [4.69, 9.17) is 14.2 Å². The van der Waals surface area contributed by atoms with Gasteiger partial charge in [0.05, 0.1) is 38.7 Å². The van der Waals surface area contributed by atoms with E-state index in [0.717, 1.165) is 61.5 Å². The Hall–Kier alpha value is -2.46. The van der Waals surface area contributed by atoms with Gasteiger partial charge in [0.1, 0.15) is 11.5 Å². The summed E-state index contributed by atoms with van der Waals surface area (Å²) in [4.78, 5) is 15.1. The van der Waals surface area contributed by atoms with E-state index < -0.39 is 0 Å². The Kier molecular flexibility index (Phi) is 8.55. The van der Waals surface area contributed by atoms with Crippen LogP contribution in [0.5, 0.6) is 11.5 Å². The maximum Gasteiger partial charge on any atom is 0.230 e. The molecule has 2 aromatic rings. The number of carbonyl (C=O) groups excluding carboxylic acids is 1. The third-order valence-electron chi connectivity index (χ3n) is 6.36. The number of thioether (sulfide) groups is 1. The number of piperidine rings is 1. The first-order valence-electron chi connectivity index (χ1n) is 12.0. The minimum atomic E-state index is -0.230. The first kappa shape index (κ1) is 24.7. The molecule has 1 amide bonds. The van der Waals surface area contributed by atoms with Crippen molar-refractivity contribution in [2.45, 2.75) is 62.9 Å². The summed E-state index contributed by atoms with van der Waals surface area (Å²) in [7, 11) is 3.24. The largest absolute Gasteiger partial charge is 0.497 e. The molecule has 2 aliphatic heterocycles.